The van der Waals surface area contributed by atoms with Crippen LogP contribution in [-0.2, 0) is 22.4 Å². The number of hydrogen-bond donors (Lipinski definition) is 2. The molecule has 0 spiro atoms. The molecule has 1 atom stereocenters. The highest BCUT2D eigenvalue weighted by atomic mass is 19.1. The Hall–Kier alpha value is -3.68. The first kappa shape index (κ1) is 20.2. The lowest BCUT2D eigenvalue weighted by Gasteiger charge is -2.16. The van der Waals surface area contributed by atoms with Gasteiger partial charge in [0.15, 0.2) is 0 Å². The largest absolute Gasteiger partial charge is 0.442 e. The van der Waals surface area contributed by atoms with Crippen LogP contribution in [0.15, 0.2) is 42.5 Å². The first-order valence-electron chi connectivity index (χ1n) is 10.7. The number of H-pyrrole nitrogens is 1. The number of benzene rings is 2. The topological polar surface area (TPSA) is 87.3 Å². The van der Waals surface area contributed by atoms with E-state index in [0.29, 0.717) is 6.54 Å². The average Bonchev–Trinajstić information content (AvgIpc) is 3.31. The summed E-state index contributed by atoms with van der Waals surface area (Å²) in [6.45, 7) is 2.08. The van der Waals surface area contributed by atoms with Crippen molar-refractivity contribution in [3.05, 3.63) is 59.4 Å². The number of halogens is 1. The molecule has 0 radical (unpaired) electrons. The molecule has 0 bridgehead atoms. The Morgan fingerprint density at radius 1 is 1.28 bits per heavy atom. The third-order valence-electron chi connectivity index (χ3n) is 5.97. The smallest absolute Gasteiger partial charge is 0.414 e. The van der Waals surface area contributed by atoms with Crippen molar-refractivity contribution in [2.75, 3.05) is 18.0 Å². The van der Waals surface area contributed by atoms with E-state index in [4.69, 9.17) is 4.74 Å². The van der Waals surface area contributed by atoms with E-state index in [9.17, 15) is 14.0 Å². The second-order valence-corrected chi connectivity index (χ2v) is 8.18. The quantitative estimate of drug-likeness (QED) is 0.653. The molecule has 2 N–H and O–H groups in total. The number of nitrogens with one attached hydrogen (secondary N) is 2. The van der Waals surface area contributed by atoms with E-state index in [0.717, 1.165) is 53.0 Å². The number of aromatic nitrogens is 2. The number of fused-ring (bicyclic) bond motifs is 3. The van der Waals surface area contributed by atoms with Gasteiger partial charge >= 0.3 is 6.09 Å². The van der Waals surface area contributed by atoms with Gasteiger partial charge in [0.25, 0.3) is 0 Å². The minimum absolute atomic E-state index is 0.162. The standard InChI is InChI=1S/C24H23FN4O3/c1-14(30)26-12-19-13-29(24(31)32-19)18-9-8-15-4-3-7-20-22(16-5-2-6-17(25)10-16)27-28-23(20)21(15)11-18/h2,5-6,8-11,19H,3-4,7,12-13H2,1H3,(H,26,30)(H,27,28). The zero-order valence-corrected chi connectivity index (χ0v) is 17.7. The molecule has 1 saturated heterocycles. The number of ether oxygens (including phenoxy) is 1. The number of carbonyl (C=O) groups excluding carboxylic acids is 2. The normalized spacial score (nSPS) is 17.4. The number of nitrogens with zero attached hydrogens (tertiary/aromatic N) is 2. The van der Waals surface area contributed by atoms with Crippen LogP contribution in [0.25, 0.3) is 22.5 Å². The van der Waals surface area contributed by atoms with Gasteiger partial charge < -0.3 is 10.1 Å². The van der Waals surface area contributed by atoms with E-state index in [-0.39, 0.29) is 18.3 Å². The molecule has 1 fully saturated rings. The fraction of sp³-hybridized carbons (Fsp3) is 0.292. The van der Waals surface area contributed by atoms with E-state index in [1.807, 2.05) is 24.3 Å². The van der Waals surface area contributed by atoms with Crippen LogP contribution in [0.4, 0.5) is 14.9 Å². The third-order valence-corrected chi connectivity index (χ3v) is 5.97. The van der Waals surface area contributed by atoms with Crippen molar-refractivity contribution >= 4 is 17.7 Å². The summed E-state index contributed by atoms with van der Waals surface area (Å²) < 4.78 is 19.2. The lowest BCUT2D eigenvalue weighted by Crippen LogP contribution is -2.33. The van der Waals surface area contributed by atoms with Gasteiger partial charge in [0.2, 0.25) is 5.91 Å². The summed E-state index contributed by atoms with van der Waals surface area (Å²) in [5.41, 5.74) is 6.35. The van der Waals surface area contributed by atoms with Crippen LogP contribution < -0.4 is 10.2 Å². The van der Waals surface area contributed by atoms with Crippen LogP contribution in [0.2, 0.25) is 0 Å². The first-order valence-corrected chi connectivity index (χ1v) is 10.7. The molecule has 164 valence electrons. The van der Waals surface area contributed by atoms with Crippen molar-refractivity contribution < 1.29 is 18.7 Å². The molecule has 2 aliphatic rings. The van der Waals surface area contributed by atoms with Crippen molar-refractivity contribution in [3.63, 3.8) is 0 Å². The number of aromatic amines is 1. The monoisotopic (exact) mass is 434 g/mol. The summed E-state index contributed by atoms with van der Waals surface area (Å²) in [6, 6.07) is 12.4. The number of amides is 2. The van der Waals surface area contributed by atoms with Crippen LogP contribution in [0.3, 0.4) is 0 Å². The highest BCUT2D eigenvalue weighted by Gasteiger charge is 2.33. The van der Waals surface area contributed by atoms with Gasteiger partial charge in [0.05, 0.1) is 24.5 Å². The van der Waals surface area contributed by atoms with Crippen LogP contribution in [-0.4, -0.2) is 41.4 Å². The molecule has 3 aromatic rings. The fourth-order valence-corrected chi connectivity index (χ4v) is 4.44. The molecule has 1 aliphatic heterocycles. The molecule has 32 heavy (non-hydrogen) atoms. The van der Waals surface area contributed by atoms with Gasteiger partial charge in [-0.25, -0.2) is 9.18 Å². The average molecular weight is 434 g/mol. The lowest BCUT2D eigenvalue weighted by molar-refractivity contribution is -0.119. The molecule has 1 aliphatic carbocycles. The van der Waals surface area contributed by atoms with Crippen molar-refractivity contribution in [2.24, 2.45) is 0 Å². The van der Waals surface area contributed by atoms with E-state index < -0.39 is 12.2 Å². The second-order valence-electron chi connectivity index (χ2n) is 8.18. The maximum absolute atomic E-state index is 13.8. The molecular weight excluding hydrogens is 411 g/mol. The van der Waals surface area contributed by atoms with Crippen LogP contribution in [0, 0.1) is 5.82 Å². The number of rotatable bonds is 4. The predicted molar refractivity (Wildman–Crippen MR) is 118 cm³/mol. The Kier molecular flexibility index (Phi) is 5.13. The molecule has 1 unspecified atom stereocenters. The maximum atomic E-state index is 13.8. The minimum atomic E-state index is -0.431. The summed E-state index contributed by atoms with van der Waals surface area (Å²) >= 11 is 0. The van der Waals surface area contributed by atoms with Gasteiger partial charge in [-0.1, -0.05) is 18.2 Å². The van der Waals surface area contributed by atoms with Crippen molar-refractivity contribution in [1.29, 1.82) is 0 Å². The molecular formula is C24H23FN4O3. The second kappa shape index (κ2) is 8.11. The third kappa shape index (κ3) is 3.72. The van der Waals surface area contributed by atoms with Crippen molar-refractivity contribution in [2.45, 2.75) is 32.3 Å². The Bertz CT molecular complexity index is 1210. The summed E-state index contributed by atoms with van der Waals surface area (Å²) in [6.07, 6.45) is 1.85. The number of aryl methyl sites for hydroxylation is 1. The number of carbonyl (C=O) groups is 2. The zero-order valence-electron chi connectivity index (χ0n) is 17.7. The van der Waals surface area contributed by atoms with Crippen LogP contribution in [0.5, 0.6) is 0 Å². The zero-order chi connectivity index (χ0) is 22.2. The molecule has 2 amide bonds. The summed E-state index contributed by atoms with van der Waals surface area (Å²) in [4.78, 5) is 25.2. The maximum Gasteiger partial charge on any atom is 0.414 e. The molecule has 5 rings (SSSR count). The predicted octanol–water partition coefficient (Wildman–Crippen LogP) is 3.83. The molecule has 2 aromatic carbocycles. The summed E-state index contributed by atoms with van der Waals surface area (Å²) in [7, 11) is 0. The van der Waals surface area contributed by atoms with Gasteiger partial charge in [-0.2, -0.15) is 5.10 Å². The molecule has 0 saturated carbocycles. The van der Waals surface area contributed by atoms with E-state index in [2.05, 4.69) is 15.5 Å². The number of cyclic esters (lactones) is 1. The van der Waals surface area contributed by atoms with Gasteiger partial charge in [0, 0.05) is 29.3 Å². The van der Waals surface area contributed by atoms with E-state index in [1.54, 1.807) is 11.0 Å². The van der Waals surface area contributed by atoms with Gasteiger partial charge in [-0.15, -0.1) is 0 Å². The molecule has 7 nitrogen and oxygen atoms in total. The van der Waals surface area contributed by atoms with Crippen LogP contribution >= 0.6 is 0 Å². The van der Waals surface area contributed by atoms with Gasteiger partial charge in [0.1, 0.15) is 11.9 Å². The Balaban J connectivity index is 1.48. The van der Waals surface area contributed by atoms with Gasteiger partial charge in [-0.3, -0.25) is 14.8 Å². The molecule has 1 aromatic heterocycles. The van der Waals surface area contributed by atoms with Crippen molar-refractivity contribution in [1.82, 2.24) is 15.5 Å². The van der Waals surface area contributed by atoms with E-state index in [1.165, 1.54) is 24.6 Å². The summed E-state index contributed by atoms with van der Waals surface area (Å²) in [5.74, 6) is -0.456. The first-order chi connectivity index (χ1) is 15.5. The van der Waals surface area contributed by atoms with Crippen molar-refractivity contribution in [3.8, 4) is 22.5 Å². The van der Waals surface area contributed by atoms with Gasteiger partial charge in [-0.05, 0) is 49.1 Å². The number of anilines is 1. The Labute approximate surface area is 184 Å². The summed E-state index contributed by atoms with van der Waals surface area (Å²) in [5, 5.41) is 10.4. The minimum Gasteiger partial charge on any atom is -0.442 e. The lowest BCUT2D eigenvalue weighted by atomic mass is 9.99. The Morgan fingerprint density at radius 2 is 2.16 bits per heavy atom. The SMILES string of the molecule is CC(=O)NCC1CN(c2ccc3c(c2)-c2[nH]nc(-c4cccc(F)c4)c2CCC3)C(=O)O1. The highest BCUT2D eigenvalue weighted by Crippen LogP contribution is 2.38. The van der Waals surface area contributed by atoms with E-state index >= 15 is 0 Å². The fourth-order valence-electron chi connectivity index (χ4n) is 4.44. The Morgan fingerprint density at radius 3 is 2.97 bits per heavy atom. The highest BCUT2D eigenvalue weighted by molar-refractivity contribution is 5.91. The molecule has 8 heteroatoms. The number of hydrogen-bond acceptors (Lipinski definition) is 4. The molecule has 2 heterocycles. The van der Waals surface area contributed by atoms with Crippen LogP contribution in [0.1, 0.15) is 24.5 Å².